The lowest BCUT2D eigenvalue weighted by atomic mass is 9.76. The van der Waals surface area contributed by atoms with Crippen molar-refractivity contribution in [3.8, 4) is 5.75 Å². The van der Waals surface area contributed by atoms with Crippen molar-refractivity contribution < 1.29 is 14.6 Å². The smallest absolute Gasteiger partial charge is 0.168 e. The Kier molecular flexibility index (Phi) is 4.59. The first-order chi connectivity index (χ1) is 9.15. The van der Waals surface area contributed by atoms with Gasteiger partial charge in [-0.15, -0.1) is 0 Å². The average Bonchev–Trinajstić information content (AvgIpc) is 2.46. The summed E-state index contributed by atoms with van der Waals surface area (Å²) < 4.78 is 5.08. The summed E-state index contributed by atoms with van der Waals surface area (Å²) in [6.07, 6.45) is 3.18. The van der Waals surface area contributed by atoms with Crippen LogP contribution in [-0.4, -0.2) is 24.1 Å². The molecule has 0 saturated heterocycles. The van der Waals surface area contributed by atoms with Crippen molar-refractivity contribution in [3.63, 3.8) is 0 Å². The Morgan fingerprint density at radius 1 is 1.32 bits per heavy atom. The van der Waals surface area contributed by atoms with Crippen LogP contribution in [0.5, 0.6) is 5.75 Å². The molecule has 1 aliphatic rings. The summed E-state index contributed by atoms with van der Waals surface area (Å²) in [5.74, 6) is 1.13. The molecule has 0 radical (unpaired) electrons. The zero-order valence-corrected chi connectivity index (χ0v) is 11.6. The van der Waals surface area contributed by atoms with Gasteiger partial charge in [0.1, 0.15) is 5.75 Å². The standard InChI is InChI=1S/C16H22O3/c1-3-11-4-9-14(15(17)10-11)16(18)12-5-7-13(19-2)8-6-12/h5-8,11,14-15,17H,3-4,9-10H2,1-2H3/t11-,14-,15-/m0/s1. The second kappa shape index (κ2) is 6.20. The molecule has 0 aliphatic heterocycles. The topological polar surface area (TPSA) is 46.5 Å². The quantitative estimate of drug-likeness (QED) is 0.848. The van der Waals surface area contributed by atoms with Crippen LogP contribution < -0.4 is 4.74 Å². The molecule has 3 atom stereocenters. The van der Waals surface area contributed by atoms with Crippen LogP contribution in [0.15, 0.2) is 24.3 Å². The largest absolute Gasteiger partial charge is 0.497 e. The van der Waals surface area contributed by atoms with E-state index in [1.165, 1.54) is 0 Å². The van der Waals surface area contributed by atoms with Gasteiger partial charge in [-0.2, -0.15) is 0 Å². The van der Waals surface area contributed by atoms with Gasteiger partial charge in [-0.25, -0.2) is 0 Å². The Labute approximate surface area is 114 Å². The molecular weight excluding hydrogens is 240 g/mol. The molecule has 19 heavy (non-hydrogen) atoms. The third kappa shape index (κ3) is 3.16. The molecule has 1 saturated carbocycles. The van der Waals surface area contributed by atoms with Crippen LogP contribution in [0.3, 0.4) is 0 Å². The van der Waals surface area contributed by atoms with Crippen molar-refractivity contribution in [1.29, 1.82) is 0 Å². The van der Waals surface area contributed by atoms with E-state index in [0.29, 0.717) is 11.5 Å². The van der Waals surface area contributed by atoms with E-state index in [1.54, 1.807) is 31.4 Å². The summed E-state index contributed by atoms with van der Waals surface area (Å²) in [6.45, 7) is 2.14. The summed E-state index contributed by atoms with van der Waals surface area (Å²) in [7, 11) is 1.60. The molecule has 3 heteroatoms. The first kappa shape index (κ1) is 14.1. The van der Waals surface area contributed by atoms with Gasteiger partial charge in [0.15, 0.2) is 5.78 Å². The van der Waals surface area contributed by atoms with Crippen LogP contribution in [-0.2, 0) is 0 Å². The number of carbonyl (C=O) groups is 1. The van der Waals surface area contributed by atoms with E-state index < -0.39 is 6.10 Å². The lowest BCUT2D eigenvalue weighted by Crippen LogP contribution is -2.34. The molecule has 0 unspecified atom stereocenters. The Balaban J connectivity index is 2.06. The number of ether oxygens (including phenoxy) is 1. The maximum absolute atomic E-state index is 12.4. The predicted octanol–water partition coefficient (Wildman–Crippen LogP) is 3.07. The van der Waals surface area contributed by atoms with E-state index in [9.17, 15) is 9.90 Å². The molecule has 0 aromatic heterocycles. The third-order valence-electron chi connectivity index (χ3n) is 4.21. The molecule has 104 valence electrons. The first-order valence-corrected chi connectivity index (χ1v) is 7.02. The van der Waals surface area contributed by atoms with E-state index in [1.807, 2.05) is 0 Å². The average molecular weight is 262 g/mol. The van der Waals surface area contributed by atoms with Gasteiger partial charge >= 0.3 is 0 Å². The van der Waals surface area contributed by atoms with Gasteiger partial charge in [-0.1, -0.05) is 13.3 Å². The van der Waals surface area contributed by atoms with Crippen molar-refractivity contribution in [1.82, 2.24) is 0 Å². The molecule has 1 aromatic rings. The fraction of sp³-hybridized carbons (Fsp3) is 0.562. The van der Waals surface area contributed by atoms with E-state index in [2.05, 4.69) is 6.92 Å². The minimum Gasteiger partial charge on any atom is -0.497 e. The highest BCUT2D eigenvalue weighted by molar-refractivity contribution is 5.98. The Hall–Kier alpha value is -1.35. The number of ketones is 1. The number of hydrogen-bond acceptors (Lipinski definition) is 3. The lowest BCUT2D eigenvalue weighted by Gasteiger charge is -2.31. The number of carbonyl (C=O) groups excluding carboxylic acids is 1. The molecule has 0 amide bonds. The van der Waals surface area contributed by atoms with Crippen molar-refractivity contribution in [2.24, 2.45) is 11.8 Å². The molecule has 1 N–H and O–H groups in total. The second-order valence-corrected chi connectivity index (χ2v) is 5.35. The Morgan fingerprint density at radius 3 is 2.53 bits per heavy atom. The monoisotopic (exact) mass is 262 g/mol. The maximum atomic E-state index is 12.4. The summed E-state index contributed by atoms with van der Waals surface area (Å²) in [6, 6.07) is 7.13. The van der Waals surface area contributed by atoms with Crippen molar-refractivity contribution >= 4 is 5.78 Å². The molecule has 1 aliphatic carbocycles. The highest BCUT2D eigenvalue weighted by Gasteiger charge is 2.33. The summed E-state index contributed by atoms with van der Waals surface area (Å²) in [5, 5.41) is 10.2. The van der Waals surface area contributed by atoms with Crippen molar-refractivity contribution in [2.75, 3.05) is 7.11 Å². The van der Waals surface area contributed by atoms with Gasteiger partial charge in [0.2, 0.25) is 0 Å². The third-order valence-corrected chi connectivity index (χ3v) is 4.21. The van der Waals surface area contributed by atoms with Crippen LogP contribution >= 0.6 is 0 Å². The van der Waals surface area contributed by atoms with Crippen LogP contribution in [0.2, 0.25) is 0 Å². The van der Waals surface area contributed by atoms with Gasteiger partial charge in [0.25, 0.3) is 0 Å². The zero-order valence-electron chi connectivity index (χ0n) is 11.6. The number of hydrogen-bond donors (Lipinski definition) is 1. The van der Waals surface area contributed by atoms with Crippen LogP contribution in [0.4, 0.5) is 0 Å². The van der Waals surface area contributed by atoms with Gasteiger partial charge in [-0.05, 0) is 49.4 Å². The van der Waals surface area contributed by atoms with E-state index >= 15 is 0 Å². The van der Waals surface area contributed by atoms with E-state index in [4.69, 9.17) is 4.74 Å². The van der Waals surface area contributed by atoms with Gasteiger partial charge in [0, 0.05) is 11.5 Å². The fourth-order valence-electron chi connectivity index (χ4n) is 2.88. The highest BCUT2D eigenvalue weighted by atomic mass is 16.5. The predicted molar refractivity (Wildman–Crippen MR) is 74.5 cm³/mol. The number of aliphatic hydroxyl groups is 1. The number of methoxy groups -OCH3 is 1. The minimum atomic E-state index is -0.492. The van der Waals surface area contributed by atoms with Crippen LogP contribution in [0, 0.1) is 11.8 Å². The lowest BCUT2D eigenvalue weighted by molar-refractivity contribution is 0.0380. The number of rotatable bonds is 4. The maximum Gasteiger partial charge on any atom is 0.168 e. The van der Waals surface area contributed by atoms with Crippen LogP contribution in [0.1, 0.15) is 43.0 Å². The Bertz CT molecular complexity index is 424. The van der Waals surface area contributed by atoms with Crippen LogP contribution in [0.25, 0.3) is 0 Å². The molecule has 2 rings (SSSR count). The van der Waals surface area contributed by atoms with Gasteiger partial charge in [-0.3, -0.25) is 4.79 Å². The minimum absolute atomic E-state index is 0.0599. The normalized spacial score (nSPS) is 27.0. The van der Waals surface area contributed by atoms with Crippen molar-refractivity contribution in [2.45, 2.75) is 38.7 Å². The number of Topliss-reactive ketones (excluding diaryl/α,β-unsaturated/α-hetero) is 1. The summed E-state index contributed by atoms with van der Waals surface area (Å²) in [4.78, 5) is 12.4. The fourth-order valence-corrected chi connectivity index (χ4v) is 2.88. The second-order valence-electron chi connectivity index (χ2n) is 5.35. The van der Waals surface area contributed by atoms with E-state index in [0.717, 1.165) is 31.4 Å². The number of benzene rings is 1. The van der Waals surface area contributed by atoms with E-state index in [-0.39, 0.29) is 11.7 Å². The van der Waals surface area contributed by atoms with Crippen molar-refractivity contribution in [3.05, 3.63) is 29.8 Å². The zero-order chi connectivity index (χ0) is 13.8. The molecule has 3 nitrogen and oxygen atoms in total. The summed E-state index contributed by atoms with van der Waals surface area (Å²) >= 11 is 0. The first-order valence-electron chi connectivity index (χ1n) is 7.02. The molecular formula is C16H22O3. The number of aliphatic hydroxyl groups excluding tert-OH is 1. The molecule has 0 bridgehead atoms. The molecule has 1 fully saturated rings. The SMILES string of the molecule is CC[C@H]1CC[C@H](C(=O)c2ccc(OC)cc2)[C@@H](O)C1. The molecule has 0 spiro atoms. The molecule has 0 heterocycles. The summed E-state index contributed by atoms with van der Waals surface area (Å²) in [5.41, 5.74) is 0.666. The Morgan fingerprint density at radius 2 is 2.00 bits per heavy atom. The van der Waals surface area contributed by atoms with Gasteiger partial charge in [0.05, 0.1) is 13.2 Å². The van der Waals surface area contributed by atoms with Gasteiger partial charge < -0.3 is 9.84 Å². The highest BCUT2D eigenvalue weighted by Crippen LogP contribution is 2.33. The molecule has 1 aromatic carbocycles.